The van der Waals surface area contributed by atoms with E-state index in [1.165, 1.54) is 19.2 Å². The molecule has 0 aliphatic rings. The Kier molecular flexibility index (Phi) is 3.03. The lowest BCUT2D eigenvalue weighted by Crippen LogP contribution is -2.07. The zero-order valence-corrected chi connectivity index (χ0v) is 8.00. The Morgan fingerprint density at radius 2 is 2.29 bits per heavy atom. The van der Waals surface area contributed by atoms with Crippen LogP contribution >= 0.6 is 11.6 Å². The van der Waals surface area contributed by atoms with Gasteiger partial charge in [-0.2, -0.15) is 0 Å². The normalized spacial score (nSPS) is 9.57. The van der Waals surface area contributed by atoms with Crippen molar-refractivity contribution in [3.05, 3.63) is 23.5 Å². The van der Waals surface area contributed by atoms with Crippen molar-refractivity contribution in [2.24, 2.45) is 0 Å². The number of nitrogens with zero attached hydrogens (tertiary/aromatic N) is 1. The summed E-state index contributed by atoms with van der Waals surface area (Å²) < 4.78 is 4.41. The quantitative estimate of drug-likeness (QED) is 0.571. The number of aromatic nitrogens is 1. The first-order valence-electron chi connectivity index (χ1n) is 3.59. The summed E-state index contributed by atoms with van der Waals surface area (Å²) in [5.74, 6) is -0.901. The zero-order valence-electron chi connectivity index (χ0n) is 7.24. The average molecular weight is 215 g/mol. The number of hydrogen-bond acceptors (Lipinski definition) is 5. The molecule has 0 spiro atoms. The first-order chi connectivity index (χ1) is 6.56. The second-order valence-electron chi connectivity index (χ2n) is 2.37. The molecule has 0 atom stereocenters. The maximum atomic E-state index is 11.0. The molecule has 1 rings (SSSR count). The second-order valence-corrected chi connectivity index (χ2v) is 2.75. The largest absolute Gasteiger partial charge is 0.506 e. The molecule has 1 heterocycles. The molecule has 1 aromatic rings. The van der Waals surface area contributed by atoms with E-state index in [1.807, 2.05) is 0 Å². The van der Waals surface area contributed by atoms with E-state index < -0.39 is 11.1 Å². The van der Waals surface area contributed by atoms with Crippen molar-refractivity contribution in [2.75, 3.05) is 7.11 Å². The number of hydrogen-bond donors (Lipinski definition) is 2. The molecule has 1 aromatic heterocycles. The van der Waals surface area contributed by atoms with E-state index in [1.54, 1.807) is 0 Å². The summed E-state index contributed by atoms with van der Waals surface area (Å²) in [6.45, 7) is 0. The van der Waals surface area contributed by atoms with Gasteiger partial charge in [-0.25, -0.2) is 9.78 Å². The van der Waals surface area contributed by atoms with Gasteiger partial charge in [-0.15, -0.1) is 0 Å². The molecule has 0 saturated heterocycles. The van der Waals surface area contributed by atoms with E-state index >= 15 is 0 Å². The maximum absolute atomic E-state index is 11.0. The third-order valence-corrected chi connectivity index (χ3v) is 1.66. The molecular weight excluding hydrogens is 208 g/mol. The Morgan fingerprint density at radius 1 is 1.64 bits per heavy atom. The monoisotopic (exact) mass is 214 g/mol. The van der Waals surface area contributed by atoms with Gasteiger partial charge >= 0.3 is 5.97 Å². The van der Waals surface area contributed by atoms with Crippen LogP contribution in [0.1, 0.15) is 16.2 Å². The number of ether oxygens (including phenoxy) is 1. The Balaban J connectivity index is 3.19. The number of halogens is 1. The van der Waals surface area contributed by atoms with Crippen LogP contribution in [0.4, 0.5) is 0 Å². The predicted molar refractivity (Wildman–Crippen MR) is 49.9 cm³/mol. The molecule has 0 unspecified atom stereocenters. The lowest BCUT2D eigenvalue weighted by Gasteiger charge is -2.02. The molecule has 0 saturated carbocycles. The van der Waals surface area contributed by atoms with E-state index in [0.29, 0.717) is 0 Å². The fraction of sp³-hybridized carbons (Fsp3) is 0.125. The summed E-state index contributed by atoms with van der Waals surface area (Å²) in [7, 11) is 1.21. The van der Waals surface area contributed by atoms with Crippen molar-refractivity contribution in [1.29, 1.82) is 5.41 Å². The Bertz CT molecular complexity index is 392. The molecule has 0 fully saturated rings. The lowest BCUT2D eigenvalue weighted by atomic mass is 10.3. The van der Waals surface area contributed by atoms with E-state index in [-0.39, 0.29) is 17.1 Å². The van der Waals surface area contributed by atoms with Gasteiger partial charge in [0.25, 0.3) is 0 Å². The number of carbonyl (C=O) groups excluding carboxylic acids is 1. The van der Waals surface area contributed by atoms with Gasteiger partial charge in [0.2, 0.25) is 0 Å². The molecule has 2 N–H and O–H groups in total. The third kappa shape index (κ3) is 2.00. The summed E-state index contributed by atoms with van der Waals surface area (Å²) in [6.07, 6.45) is 0. The molecule has 5 nitrogen and oxygen atoms in total. The number of rotatable bonds is 2. The van der Waals surface area contributed by atoms with Crippen molar-refractivity contribution < 1.29 is 14.6 Å². The maximum Gasteiger partial charge on any atom is 0.356 e. The standard InChI is InChI=1S/C8H7ClN2O3/c1-14-8(13)4-2-3-5(12)6(11-4)7(9)10/h2-3,10,12H,1H3. The fourth-order valence-corrected chi connectivity index (χ4v) is 0.971. The van der Waals surface area contributed by atoms with Crippen LogP contribution in [0.25, 0.3) is 0 Å². The molecule has 14 heavy (non-hydrogen) atoms. The predicted octanol–water partition coefficient (Wildman–Crippen LogP) is 1.14. The van der Waals surface area contributed by atoms with Crippen LogP contribution < -0.4 is 0 Å². The fourth-order valence-electron chi connectivity index (χ4n) is 0.832. The van der Waals surface area contributed by atoms with Crippen LogP contribution in [0.2, 0.25) is 0 Å². The molecule has 0 aliphatic heterocycles. The SMILES string of the molecule is COC(=O)c1ccc(O)c(C(=N)Cl)n1. The van der Waals surface area contributed by atoms with Gasteiger partial charge in [0.05, 0.1) is 7.11 Å². The third-order valence-electron chi connectivity index (χ3n) is 1.48. The molecule has 0 aromatic carbocycles. The van der Waals surface area contributed by atoms with Gasteiger partial charge in [-0.05, 0) is 12.1 Å². The minimum absolute atomic E-state index is 0.00861. The molecule has 0 aliphatic carbocycles. The van der Waals surface area contributed by atoms with Gasteiger partial charge in [0, 0.05) is 0 Å². The molecule has 74 valence electrons. The highest BCUT2D eigenvalue weighted by atomic mass is 35.5. The van der Waals surface area contributed by atoms with E-state index in [0.717, 1.165) is 0 Å². The zero-order chi connectivity index (χ0) is 10.7. The summed E-state index contributed by atoms with van der Waals surface area (Å²) >= 11 is 5.34. The number of carbonyl (C=O) groups is 1. The first kappa shape index (κ1) is 10.5. The van der Waals surface area contributed by atoms with Crippen molar-refractivity contribution >= 4 is 22.7 Å². The number of aromatic hydroxyl groups is 1. The van der Waals surface area contributed by atoms with Gasteiger partial charge < -0.3 is 9.84 Å². The van der Waals surface area contributed by atoms with Crippen LogP contribution in [0.15, 0.2) is 12.1 Å². The summed E-state index contributed by atoms with van der Waals surface area (Å²) in [5.41, 5.74) is -0.153. The number of nitrogens with one attached hydrogen (secondary N) is 1. The highest BCUT2D eigenvalue weighted by Gasteiger charge is 2.13. The number of esters is 1. The number of pyridine rings is 1. The minimum atomic E-state index is -0.649. The second kappa shape index (κ2) is 4.06. The Labute approximate surface area is 84.8 Å². The van der Waals surface area contributed by atoms with Crippen LogP contribution in [-0.4, -0.2) is 28.3 Å². The summed E-state index contributed by atoms with van der Waals surface area (Å²) in [5, 5.41) is 15.8. The Hall–Kier alpha value is -1.62. The smallest absolute Gasteiger partial charge is 0.356 e. The highest BCUT2D eigenvalue weighted by molar-refractivity contribution is 6.68. The number of methoxy groups -OCH3 is 1. The van der Waals surface area contributed by atoms with Crippen molar-refractivity contribution in [3.63, 3.8) is 0 Å². The Morgan fingerprint density at radius 3 is 2.79 bits per heavy atom. The van der Waals surface area contributed by atoms with Crippen LogP contribution in [0.5, 0.6) is 5.75 Å². The molecule has 0 amide bonds. The lowest BCUT2D eigenvalue weighted by molar-refractivity contribution is 0.0594. The van der Waals surface area contributed by atoms with E-state index in [9.17, 15) is 9.90 Å². The van der Waals surface area contributed by atoms with Gasteiger partial charge in [-0.3, -0.25) is 5.41 Å². The molecule has 6 heteroatoms. The van der Waals surface area contributed by atoms with E-state index in [4.69, 9.17) is 17.0 Å². The van der Waals surface area contributed by atoms with Gasteiger partial charge in [0.15, 0.2) is 5.17 Å². The minimum Gasteiger partial charge on any atom is -0.506 e. The van der Waals surface area contributed by atoms with Crippen LogP contribution in [0, 0.1) is 5.41 Å². The molecule has 0 radical (unpaired) electrons. The average Bonchev–Trinajstić information content (AvgIpc) is 2.17. The van der Waals surface area contributed by atoms with Gasteiger partial charge in [0.1, 0.15) is 17.1 Å². The summed E-state index contributed by atoms with van der Waals surface area (Å²) in [6, 6.07) is 2.51. The summed E-state index contributed by atoms with van der Waals surface area (Å²) in [4.78, 5) is 14.7. The molecular formula is C8H7ClN2O3. The topological polar surface area (TPSA) is 83.3 Å². The first-order valence-corrected chi connectivity index (χ1v) is 3.96. The van der Waals surface area contributed by atoms with Crippen LogP contribution in [-0.2, 0) is 4.74 Å². The van der Waals surface area contributed by atoms with Crippen molar-refractivity contribution in [1.82, 2.24) is 4.98 Å². The highest BCUT2D eigenvalue weighted by Crippen LogP contribution is 2.17. The van der Waals surface area contributed by atoms with Gasteiger partial charge in [-0.1, -0.05) is 11.6 Å². The van der Waals surface area contributed by atoms with Crippen molar-refractivity contribution in [2.45, 2.75) is 0 Å². The van der Waals surface area contributed by atoms with E-state index in [2.05, 4.69) is 9.72 Å². The van der Waals surface area contributed by atoms with Crippen molar-refractivity contribution in [3.8, 4) is 5.75 Å². The molecule has 0 bridgehead atoms. The van der Waals surface area contributed by atoms with Crippen LogP contribution in [0.3, 0.4) is 0 Å².